The SMILES string of the molecule is CCc1nn(-c2ccccc2)c(Oc2ccccc2OC)c1CN(CC(O)Cc1ccccc1)CC1CC1. The second-order valence-electron chi connectivity index (χ2n) is 10.1. The van der Waals surface area contributed by atoms with Crippen LogP contribution in [-0.2, 0) is 19.4 Å². The number of aliphatic hydroxyl groups excluding tert-OH is 1. The lowest BCUT2D eigenvalue weighted by Gasteiger charge is -2.26. The smallest absolute Gasteiger partial charge is 0.227 e. The van der Waals surface area contributed by atoms with Gasteiger partial charge in [-0.3, -0.25) is 4.90 Å². The summed E-state index contributed by atoms with van der Waals surface area (Å²) in [6, 6.07) is 28.0. The number of benzene rings is 3. The lowest BCUT2D eigenvalue weighted by Crippen LogP contribution is -2.35. The van der Waals surface area contributed by atoms with Crippen LogP contribution in [0.25, 0.3) is 5.69 Å². The molecule has 6 heteroatoms. The Hall–Kier alpha value is -3.61. The van der Waals surface area contributed by atoms with Gasteiger partial charge < -0.3 is 14.6 Å². The van der Waals surface area contributed by atoms with E-state index in [1.165, 1.54) is 12.8 Å². The van der Waals surface area contributed by atoms with Crippen LogP contribution in [0, 0.1) is 5.92 Å². The third-order valence-corrected chi connectivity index (χ3v) is 7.01. The zero-order valence-corrected chi connectivity index (χ0v) is 22.3. The maximum Gasteiger partial charge on any atom is 0.227 e. The fourth-order valence-electron chi connectivity index (χ4n) is 4.92. The molecular weight excluding hydrogens is 474 g/mol. The number of nitrogens with zero attached hydrogens (tertiary/aromatic N) is 3. The zero-order chi connectivity index (χ0) is 26.3. The number of aromatic nitrogens is 2. The van der Waals surface area contributed by atoms with Gasteiger partial charge in [0, 0.05) is 19.6 Å². The van der Waals surface area contributed by atoms with Crippen molar-refractivity contribution in [1.29, 1.82) is 0 Å². The van der Waals surface area contributed by atoms with E-state index in [2.05, 4.69) is 24.0 Å². The van der Waals surface area contributed by atoms with Crippen LogP contribution in [0.5, 0.6) is 17.4 Å². The molecule has 1 atom stereocenters. The number of ether oxygens (including phenoxy) is 2. The molecular formula is C32H37N3O3. The molecule has 4 aromatic rings. The molecule has 38 heavy (non-hydrogen) atoms. The Kier molecular flexibility index (Phi) is 8.41. The molecule has 3 aromatic carbocycles. The van der Waals surface area contributed by atoms with E-state index in [1.54, 1.807) is 7.11 Å². The first-order valence-corrected chi connectivity index (χ1v) is 13.6. The predicted molar refractivity (Wildman–Crippen MR) is 150 cm³/mol. The highest BCUT2D eigenvalue weighted by atomic mass is 16.5. The normalized spacial score (nSPS) is 14.0. The van der Waals surface area contributed by atoms with Crippen LogP contribution >= 0.6 is 0 Å². The number of hydrogen-bond donors (Lipinski definition) is 1. The van der Waals surface area contributed by atoms with Crippen LogP contribution in [0.3, 0.4) is 0 Å². The molecule has 0 radical (unpaired) electrons. The lowest BCUT2D eigenvalue weighted by molar-refractivity contribution is 0.105. The van der Waals surface area contributed by atoms with Gasteiger partial charge in [-0.05, 0) is 61.4 Å². The van der Waals surface area contributed by atoms with Crippen LogP contribution < -0.4 is 9.47 Å². The quantitative estimate of drug-likeness (QED) is 0.237. The van der Waals surface area contributed by atoms with Gasteiger partial charge in [0.05, 0.1) is 30.2 Å². The van der Waals surface area contributed by atoms with E-state index in [0.717, 1.165) is 35.5 Å². The van der Waals surface area contributed by atoms with Crippen molar-refractivity contribution in [2.45, 2.75) is 45.3 Å². The third kappa shape index (κ3) is 6.44. The van der Waals surface area contributed by atoms with E-state index in [4.69, 9.17) is 14.6 Å². The van der Waals surface area contributed by atoms with Crippen molar-refractivity contribution in [1.82, 2.24) is 14.7 Å². The largest absolute Gasteiger partial charge is 0.493 e. The first-order valence-electron chi connectivity index (χ1n) is 13.6. The third-order valence-electron chi connectivity index (χ3n) is 7.01. The molecule has 1 aliphatic rings. The molecule has 1 N–H and O–H groups in total. The Labute approximate surface area is 225 Å². The summed E-state index contributed by atoms with van der Waals surface area (Å²) in [6.07, 6.45) is 3.46. The summed E-state index contributed by atoms with van der Waals surface area (Å²) in [4.78, 5) is 2.38. The molecule has 5 rings (SSSR count). The van der Waals surface area contributed by atoms with Crippen molar-refractivity contribution in [3.63, 3.8) is 0 Å². The highest BCUT2D eigenvalue weighted by Crippen LogP contribution is 2.37. The van der Waals surface area contributed by atoms with Crippen LogP contribution in [0.4, 0.5) is 0 Å². The standard InChI is InChI=1S/C32H37N3O3/c1-3-29-28(23-34(21-25-18-19-25)22-27(36)20-24-12-6-4-7-13-24)32(35(33-29)26-14-8-5-9-15-26)38-31-17-11-10-16-30(31)37-2/h4-17,25,27,36H,3,18-23H2,1-2H3. The molecule has 1 aliphatic carbocycles. The minimum atomic E-state index is -0.455. The maximum absolute atomic E-state index is 11.1. The second-order valence-corrected chi connectivity index (χ2v) is 10.1. The van der Waals surface area contributed by atoms with Gasteiger partial charge in [0.15, 0.2) is 11.5 Å². The fourth-order valence-corrected chi connectivity index (χ4v) is 4.92. The number of rotatable bonds is 13. The summed E-state index contributed by atoms with van der Waals surface area (Å²) < 4.78 is 14.1. The molecule has 1 heterocycles. The van der Waals surface area contributed by atoms with E-state index in [1.807, 2.05) is 77.5 Å². The van der Waals surface area contributed by atoms with Gasteiger partial charge in [0.2, 0.25) is 5.88 Å². The molecule has 1 unspecified atom stereocenters. The Morgan fingerprint density at radius 3 is 2.26 bits per heavy atom. The highest BCUT2D eigenvalue weighted by Gasteiger charge is 2.29. The Bertz CT molecular complexity index is 1300. The van der Waals surface area contributed by atoms with Gasteiger partial charge >= 0.3 is 0 Å². The Morgan fingerprint density at radius 2 is 1.61 bits per heavy atom. The van der Waals surface area contributed by atoms with Crippen molar-refractivity contribution >= 4 is 0 Å². The molecule has 0 bridgehead atoms. The molecule has 0 saturated heterocycles. The summed E-state index contributed by atoms with van der Waals surface area (Å²) in [7, 11) is 1.65. The monoisotopic (exact) mass is 511 g/mol. The number of para-hydroxylation sites is 3. The van der Waals surface area contributed by atoms with Crippen molar-refractivity contribution < 1.29 is 14.6 Å². The van der Waals surface area contributed by atoms with Crippen LogP contribution in [0.2, 0.25) is 0 Å². The molecule has 1 aromatic heterocycles. The average Bonchev–Trinajstić information content (AvgIpc) is 3.70. The van der Waals surface area contributed by atoms with Crippen LogP contribution in [-0.4, -0.2) is 46.1 Å². The number of hydrogen-bond acceptors (Lipinski definition) is 5. The van der Waals surface area contributed by atoms with Crippen molar-refractivity contribution in [2.75, 3.05) is 20.2 Å². The van der Waals surface area contributed by atoms with Gasteiger partial charge in [-0.25, -0.2) is 4.68 Å². The van der Waals surface area contributed by atoms with E-state index in [-0.39, 0.29) is 0 Å². The summed E-state index contributed by atoms with van der Waals surface area (Å²) in [6.45, 7) is 4.34. The zero-order valence-electron chi connectivity index (χ0n) is 22.3. The van der Waals surface area contributed by atoms with Crippen molar-refractivity contribution in [3.05, 3.63) is 102 Å². The van der Waals surface area contributed by atoms with E-state index < -0.39 is 6.10 Å². The van der Waals surface area contributed by atoms with Crippen LogP contribution in [0.15, 0.2) is 84.9 Å². The van der Waals surface area contributed by atoms with Crippen LogP contribution in [0.1, 0.15) is 36.6 Å². The van der Waals surface area contributed by atoms with Gasteiger partial charge in [0.1, 0.15) is 0 Å². The molecule has 0 aliphatic heterocycles. The van der Waals surface area contributed by atoms with Gasteiger partial charge in [-0.2, -0.15) is 5.10 Å². The lowest BCUT2D eigenvalue weighted by atomic mass is 10.1. The summed E-state index contributed by atoms with van der Waals surface area (Å²) >= 11 is 0. The number of aryl methyl sites for hydroxylation is 1. The number of aliphatic hydroxyl groups is 1. The molecule has 1 fully saturated rings. The Balaban J connectivity index is 1.48. The van der Waals surface area contributed by atoms with E-state index in [9.17, 15) is 5.11 Å². The molecule has 0 spiro atoms. The van der Waals surface area contributed by atoms with E-state index in [0.29, 0.717) is 42.8 Å². The first-order chi connectivity index (χ1) is 18.6. The van der Waals surface area contributed by atoms with E-state index >= 15 is 0 Å². The number of methoxy groups -OCH3 is 1. The van der Waals surface area contributed by atoms with Crippen molar-refractivity contribution in [3.8, 4) is 23.1 Å². The highest BCUT2D eigenvalue weighted by molar-refractivity contribution is 5.47. The first kappa shape index (κ1) is 26.0. The molecule has 0 amide bonds. The van der Waals surface area contributed by atoms with Crippen molar-refractivity contribution in [2.24, 2.45) is 5.92 Å². The maximum atomic E-state index is 11.1. The molecule has 6 nitrogen and oxygen atoms in total. The summed E-state index contributed by atoms with van der Waals surface area (Å²) in [5.74, 6) is 2.70. The minimum Gasteiger partial charge on any atom is -0.493 e. The second kappa shape index (κ2) is 12.3. The van der Waals surface area contributed by atoms with Gasteiger partial charge in [-0.15, -0.1) is 0 Å². The van der Waals surface area contributed by atoms with Gasteiger partial charge in [0.25, 0.3) is 0 Å². The molecule has 198 valence electrons. The fraction of sp³-hybridized carbons (Fsp3) is 0.344. The molecule has 1 saturated carbocycles. The topological polar surface area (TPSA) is 59.8 Å². The predicted octanol–water partition coefficient (Wildman–Crippen LogP) is 6.05. The average molecular weight is 512 g/mol. The van der Waals surface area contributed by atoms with Gasteiger partial charge in [-0.1, -0.05) is 67.6 Å². The minimum absolute atomic E-state index is 0.455. The summed E-state index contributed by atoms with van der Waals surface area (Å²) in [5.41, 5.74) is 4.14. The summed E-state index contributed by atoms with van der Waals surface area (Å²) in [5, 5.41) is 16.1. The Morgan fingerprint density at radius 1 is 0.947 bits per heavy atom.